The Kier molecular flexibility index (Phi) is 15.3. The Labute approximate surface area is 251 Å². The van der Waals surface area contributed by atoms with Gasteiger partial charge in [-0.2, -0.15) is 0 Å². The summed E-state index contributed by atoms with van der Waals surface area (Å²) in [4.78, 5) is 50.6. The van der Waals surface area contributed by atoms with Crippen LogP contribution in [0.2, 0.25) is 0 Å². The molecule has 222 valence electrons. The number of hydrogen-bond acceptors (Lipinski definition) is 7. The van der Waals surface area contributed by atoms with Crippen molar-refractivity contribution in [3.63, 3.8) is 0 Å². The van der Waals surface area contributed by atoms with Crippen LogP contribution >= 0.6 is 0 Å². The van der Waals surface area contributed by atoms with Gasteiger partial charge in [0.05, 0.1) is 19.2 Å². The van der Waals surface area contributed by atoms with Crippen LogP contribution in [0.25, 0.3) is 0 Å². The van der Waals surface area contributed by atoms with E-state index in [1.54, 1.807) is 36.7 Å². The van der Waals surface area contributed by atoms with Gasteiger partial charge in [0.2, 0.25) is 5.91 Å². The summed E-state index contributed by atoms with van der Waals surface area (Å²) in [6.45, 7) is 2.75. The number of rotatable bonds is 9. The van der Waals surface area contributed by atoms with Gasteiger partial charge in [0.15, 0.2) is 0 Å². The van der Waals surface area contributed by atoms with Gasteiger partial charge in [-0.05, 0) is 55.8 Å². The van der Waals surface area contributed by atoms with E-state index in [4.69, 9.17) is 5.73 Å². The van der Waals surface area contributed by atoms with Gasteiger partial charge >= 0.3 is 5.97 Å². The van der Waals surface area contributed by atoms with Crippen LogP contribution in [0.4, 0.5) is 5.69 Å². The van der Waals surface area contributed by atoms with E-state index in [2.05, 4.69) is 37.2 Å². The number of benzene rings is 2. The SMILES string of the molecule is COC(=O)CNCCCC=O.Cc1cc[nH]c1C(=O)Nc1cccc(C#Cc2cncc(C(N)=O)c2)c1.c1ccccc1. The van der Waals surface area contributed by atoms with Crippen LogP contribution in [0, 0.1) is 18.8 Å². The molecule has 2 heterocycles. The van der Waals surface area contributed by atoms with E-state index in [1.165, 1.54) is 13.3 Å². The predicted molar refractivity (Wildman–Crippen MR) is 165 cm³/mol. The Morgan fingerprint density at radius 2 is 1.67 bits per heavy atom. The molecule has 0 spiro atoms. The molecule has 2 amide bonds. The minimum atomic E-state index is -0.550. The highest BCUT2D eigenvalue weighted by atomic mass is 16.5. The molecule has 0 fully saturated rings. The number of aldehydes is 1. The van der Waals surface area contributed by atoms with Crippen molar-refractivity contribution < 1.29 is 23.9 Å². The number of hydrogen-bond donors (Lipinski definition) is 4. The quantitative estimate of drug-likeness (QED) is 0.101. The maximum atomic E-state index is 12.3. The molecule has 0 radical (unpaired) electrons. The molecule has 5 N–H and O–H groups in total. The van der Waals surface area contributed by atoms with Crippen LogP contribution in [0.1, 0.15) is 50.4 Å². The van der Waals surface area contributed by atoms with Gasteiger partial charge in [-0.15, -0.1) is 0 Å². The lowest BCUT2D eigenvalue weighted by atomic mass is 10.1. The Morgan fingerprint density at radius 3 is 2.28 bits per heavy atom. The number of amides is 2. The summed E-state index contributed by atoms with van der Waals surface area (Å²) in [5.74, 6) is 4.88. The number of unbranched alkanes of at least 4 members (excludes halogenated alkanes) is 1. The van der Waals surface area contributed by atoms with Crippen molar-refractivity contribution >= 4 is 29.8 Å². The van der Waals surface area contributed by atoms with Crippen LogP contribution in [0.5, 0.6) is 0 Å². The molecule has 0 atom stereocenters. The zero-order chi connectivity index (χ0) is 31.3. The average Bonchev–Trinajstić information content (AvgIpc) is 3.47. The number of primary amides is 1. The molecule has 0 aliphatic rings. The molecule has 0 unspecified atom stereocenters. The molecule has 10 nitrogen and oxygen atoms in total. The van der Waals surface area contributed by atoms with Crippen LogP contribution in [0.15, 0.2) is 91.4 Å². The molecule has 43 heavy (non-hydrogen) atoms. The largest absolute Gasteiger partial charge is 0.468 e. The Morgan fingerprint density at radius 1 is 0.977 bits per heavy atom. The van der Waals surface area contributed by atoms with Crippen molar-refractivity contribution in [3.05, 3.63) is 119 Å². The van der Waals surface area contributed by atoms with Crippen LogP contribution in [0.3, 0.4) is 0 Å². The number of pyridine rings is 1. The van der Waals surface area contributed by atoms with Crippen molar-refractivity contribution in [2.45, 2.75) is 19.8 Å². The Hall–Kier alpha value is -5.53. The van der Waals surface area contributed by atoms with Crippen molar-refractivity contribution in [2.24, 2.45) is 5.73 Å². The third kappa shape index (κ3) is 13.6. The average molecular weight is 582 g/mol. The van der Waals surface area contributed by atoms with E-state index in [-0.39, 0.29) is 18.4 Å². The molecule has 0 saturated carbocycles. The minimum Gasteiger partial charge on any atom is -0.468 e. The number of nitrogens with one attached hydrogen (secondary N) is 3. The number of methoxy groups -OCH3 is 1. The number of aryl methyl sites for hydroxylation is 1. The van der Waals surface area contributed by atoms with E-state index in [9.17, 15) is 19.2 Å². The summed E-state index contributed by atoms with van der Waals surface area (Å²) >= 11 is 0. The molecule has 10 heteroatoms. The lowest BCUT2D eigenvalue weighted by Crippen LogP contribution is -2.24. The first-order chi connectivity index (χ1) is 20.8. The molecule has 0 aliphatic heterocycles. The van der Waals surface area contributed by atoms with E-state index in [0.29, 0.717) is 35.5 Å². The standard InChI is InChI=1S/C20H16N4O2.C7H13NO3.C6H6/c1-13-7-8-23-18(13)20(26)24-17-4-2-3-14(10-17)5-6-15-9-16(19(21)25)12-22-11-15;1-11-7(10)6-8-4-2-3-5-9;1-2-4-6-5-3-1/h2-4,7-12,23H,1H3,(H2,21,25)(H,24,26);5,8H,2-4,6H2,1H3;1-6H. The molecule has 4 aromatic rings. The topological polar surface area (TPSA) is 156 Å². The Bertz CT molecular complexity index is 1500. The highest BCUT2D eigenvalue weighted by Gasteiger charge is 2.10. The lowest BCUT2D eigenvalue weighted by Gasteiger charge is -2.05. The lowest BCUT2D eigenvalue weighted by molar-refractivity contribution is -0.139. The highest BCUT2D eigenvalue weighted by molar-refractivity contribution is 6.04. The maximum absolute atomic E-state index is 12.3. The van der Waals surface area contributed by atoms with E-state index in [0.717, 1.165) is 23.8 Å². The molecule has 0 aliphatic carbocycles. The number of nitrogens with zero attached hydrogens (tertiary/aromatic N) is 1. The van der Waals surface area contributed by atoms with Gasteiger partial charge in [-0.25, -0.2) is 0 Å². The fraction of sp³-hybridized carbons (Fsp3) is 0.182. The van der Waals surface area contributed by atoms with Gasteiger partial charge in [-0.3, -0.25) is 19.4 Å². The number of aromatic nitrogens is 2. The van der Waals surface area contributed by atoms with Crippen LogP contribution in [-0.4, -0.2) is 54.2 Å². The molecular weight excluding hydrogens is 546 g/mol. The highest BCUT2D eigenvalue weighted by Crippen LogP contribution is 2.13. The summed E-state index contributed by atoms with van der Waals surface area (Å²) in [5, 5.41) is 5.67. The van der Waals surface area contributed by atoms with Crippen molar-refractivity contribution in [1.29, 1.82) is 0 Å². The van der Waals surface area contributed by atoms with Gasteiger partial charge in [0.25, 0.3) is 5.91 Å². The number of H-pyrrole nitrogens is 1. The number of esters is 1. The normalized spacial score (nSPS) is 9.44. The zero-order valence-electron chi connectivity index (χ0n) is 24.1. The second-order valence-electron chi connectivity index (χ2n) is 8.86. The van der Waals surface area contributed by atoms with Crippen LogP contribution in [-0.2, 0) is 14.3 Å². The third-order valence-electron chi connectivity index (χ3n) is 5.52. The first kappa shape index (κ1) is 33.7. The molecule has 0 bridgehead atoms. The minimum absolute atomic E-state index is 0.212. The number of carbonyl (C=O) groups is 4. The molecule has 4 rings (SSSR count). The van der Waals surface area contributed by atoms with Crippen molar-refractivity contribution in [1.82, 2.24) is 15.3 Å². The number of nitrogens with two attached hydrogens (primary N) is 1. The van der Waals surface area contributed by atoms with Gasteiger partial charge < -0.3 is 30.9 Å². The first-order valence-electron chi connectivity index (χ1n) is 13.4. The number of carbonyl (C=O) groups excluding carboxylic acids is 4. The number of ether oxygens (including phenoxy) is 1. The number of anilines is 1. The monoisotopic (exact) mass is 581 g/mol. The smallest absolute Gasteiger partial charge is 0.319 e. The molecule has 2 aromatic heterocycles. The molecule has 0 saturated heterocycles. The maximum Gasteiger partial charge on any atom is 0.319 e. The summed E-state index contributed by atoms with van der Waals surface area (Å²) in [5.41, 5.74) is 8.88. The third-order valence-corrected chi connectivity index (χ3v) is 5.52. The zero-order valence-corrected chi connectivity index (χ0v) is 24.1. The van der Waals surface area contributed by atoms with E-state index < -0.39 is 5.91 Å². The number of aromatic amines is 1. The molecule has 2 aromatic carbocycles. The second-order valence-corrected chi connectivity index (χ2v) is 8.86. The summed E-state index contributed by atoms with van der Waals surface area (Å²) in [7, 11) is 1.34. The Balaban J connectivity index is 0.000000311. The molecular formula is C33H35N5O5. The van der Waals surface area contributed by atoms with E-state index in [1.807, 2.05) is 55.5 Å². The second kappa shape index (κ2) is 19.5. The van der Waals surface area contributed by atoms with Gasteiger partial charge in [0.1, 0.15) is 12.0 Å². The summed E-state index contributed by atoms with van der Waals surface area (Å²) in [6, 6.07) is 22.6. The fourth-order valence-electron chi connectivity index (χ4n) is 3.31. The van der Waals surface area contributed by atoms with E-state index >= 15 is 0 Å². The van der Waals surface area contributed by atoms with Crippen molar-refractivity contribution in [2.75, 3.05) is 25.5 Å². The van der Waals surface area contributed by atoms with Crippen molar-refractivity contribution in [3.8, 4) is 11.8 Å². The predicted octanol–water partition coefficient (Wildman–Crippen LogP) is 3.88. The summed E-state index contributed by atoms with van der Waals surface area (Å²) in [6.07, 6.45) is 6.83. The first-order valence-corrected chi connectivity index (χ1v) is 13.4. The van der Waals surface area contributed by atoms with Crippen LogP contribution < -0.4 is 16.4 Å². The summed E-state index contributed by atoms with van der Waals surface area (Å²) < 4.78 is 4.39. The van der Waals surface area contributed by atoms with Gasteiger partial charge in [-0.1, -0.05) is 54.3 Å². The fourth-order valence-corrected chi connectivity index (χ4v) is 3.31. The van der Waals surface area contributed by atoms with Gasteiger partial charge in [0, 0.05) is 41.8 Å².